The summed E-state index contributed by atoms with van der Waals surface area (Å²) >= 11 is 5.98. The molecule has 1 fully saturated rings. The zero-order valence-electron chi connectivity index (χ0n) is 18.0. The first-order valence-corrected chi connectivity index (χ1v) is 10.8. The minimum Gasteiger partial charge on any atom is -0.444 e. The van der Waals surface area contributed by atoms with Crippen molar-refractivity contribution in [3.05, 3.63) is 34.9 Å². The van der Waals surface area contributed by atoms with Crippen molar-refractivity contribution >= 4 is 29.5 Å². The van der Waals surface area contributed by atoms with Crippen LogP contribution < -0.4 is 10.6 Å². The summed E-state index contributed by atoms with van der Waals surface area (Å²) in [4.78, 5) is 38.0. The van der Waals surface area contributed by atoms with Crippen LogP contribution in [0.2, 0.25) is 5.02 Å². The smallest absolute Gasteiger partial charge is 0.407 e. The van der Waals surface area contributed by atoms with Crippen molar-refractivity contribution in [2.24, 2.45) is 0 Å². The monoisotopic (exact) mass is 437 g/mol. The van der Waals surface area contributed by atoms with Crippen molar-refractivity contribution in [1.29, 1.82) is 0 Å². The van der Waals surface area contributed by atoms with Gasteiger partial charge >= 0.3 is 6.09 Å². The van der Waals surface area contributed by atoms with Crippen molar-refractivity contribution in [3.63, 3.8) is 0 Å². The minimum absolute atomic E-state index is 0.0519. The third-order valence-corrected chi connectivity index (χ3v) is 4.98. The number of amides is 3. The highest BCUT2D eigenvalue weighted by Crippen LogP contribution is 2.15. The zero-order chi connectivity index (χ0) is 22.1. The van der Waals surface area contributed by atoms with Crippen LogP contribution in [0.4, 0.5) is 4.79 Å². The molecule has 1 saturated heterocycles. The number of ether oxygens (including phenoxy) is 1. The van der Waals surface area contributed by atoms with Crippen molar-refractivity contribution < 1.29 is 19.1 Å². The average molecular weight is 438 g/mol. The number of nitrogens with one attached hydrogen (secondary N) is 2. The van der Waals surface area contributed by atoms with Crippen LogP contribution in [0.5, 0.6) is 0 Å². The standard InChI is InChI=1S/C22H32ClN3O4/c1-22(2,3)30-21(29)24-12-9-19(27)25-18-10-13-26(14-11-18)20(28)8-7-16-5-4-6-17(23)15-16/h4-6,15,18H,7-14H2,1-3H3,(H,24,29)(H,25,27). The summed E-state index contributed by atoms with van der Waals surface area (Å²) in [5.74, 6) is 0.0121. The van der Waals surface area contributed by atoms with Gasteiger partial charge in [-0.15, -0.1) is 0 Å². The minimum atomic E-state index is -0.564. The number of nitrogens with zero attached hydrogens (tertiary/aromatic N) is 1. The third-order valence-electron chi connectivity index (χ3n) is 4.75. The second kappa shape index (κ2) is 11.2. The maximum atomic E-state index is 12.4. The number of carbonyl (C=O) groups excluding carboxylic acids is 3. The van der Waals surface area contributed by atoms with Gasteiger partial charge in [-0.05, 0) is 57.7 Å². The summed E-state index contributed by atoms with van der Waals surface area (Å²) in [5, 5.41) is 6.24. The number of aryl methyl sites for hydroxylation is 1. The fourth-order valence-electron chi connectivity index (χ4n) is 3.27. The van der Waals surface area contributed by atoms with E-state index in [1.165, 1.54) is 0 Å². The van der Waals surface area contributed by atoms with E-state index in [1.807, 2.05) is 29.2 Å². The lowest BCUT2D eigenvalue weighted by Gasteiger charge is -2.32. The van der Waals surface area contributed by atoms with Gasteiger partial charge in [0.15, 0.2) is 0 Å². The number of halogens is 1. The number of hydrogen-bond acceptors (Lipinski definition) is 4. The van der Waals surface area contributed by atoms with E-state index in [0.29, 0.717) is 31.0 Å². The molecule has 7 nitrogen and oxygen atoms in total. The normalized spacial score (nSPS) is 14.9. The Balaban J connectivity index is 1.62. The summed E-state index contributed by atoms with van der Waals surface area (Å²) in [7, 11) is 0. The summed E-state index contributed by atoms with van der Waals surface area (Å²) in [5.41, 5.74) is 0.490. The molecule has 1 heterocycles. The van der Waals surface area contributed by atoms with E-state index in [2.05, 4.69) is 10.6 Å². The average Bonchev–Trinajstić information content (AvgIpc) is 2.65. The van der Waals surface area contributed by atoms with E-state index >= 15 is 0 Å². The second-order valence-electron chi connectivity index (χ2n) is 8.53. The van der Waals surface area contributed by atoms with Crippen molar-refractivity contribution in [1.82, 2.24) is 15.5 Å². The molecule has 0 unspecified atom stereocenters. The number of likely N-dealkylation sites (tertiary alicyclic amines) is 1. The van der Waals surface area contributed by atoms with Gasteiger partial charge in [0.2, 0.25) is 11.8 Å². The first-order chi connectivity index (χ1) is 14.1. The lowest BCUT2D eigenvalue weighted by Crippen LogP contribution is -2.47. The first kappa shape index (κ1) is 24.0. The number of hydrogen-bond donors (Lipinski definition) is 2. The molecule has 0 saturated carbocycles. The molecule has 0 aromatic heterocycles. The van der Waals surface area contributed by atoms with Crippen LogP contribution in [0.25, 0.3) is 0 Å². The molecule has 1 aromatic rings. The molecule has 2 N–H and O–H groups in total. The molecular formula is C22H32ClN3O4. The fourth-order valence-corrected chi connectivity index (χ4v) is 3.48. The molecule has 8 heteroatoms. The lowest BCUT2D eigenvalue weighted by molar-refractivity contribution is -0.132. The zero-order valence-corrected chi connectivity index (χ0v) is 18.8. The van der Waals surface area contributed by atoms with Crippen LogP contribution in [0.1, 0.15) is 52.0 Å². The Hall–Kier alpha value is -2.28. The van der Waals surface area contributed by atoms with Crippen LogP contribution in [-0.2, 0) is 20.7 Å². The predicted molar refractivity (Wildman–Crippen MR) is 116 cm³/mol. The lowest BCUT2D eigenvalue weighted by atomic mass is 10.0. The fraction of sp³-hybridized carbons (Fsp3) is 0.591. The number of benzene rings is 1. The number of alkyl carbamates (subject to hydrolysis) is 1. The Morgan fingerprint density at radius 3 is 2.50 bits per heavy atom. The van der Waals surface area contributed by atoms with Gasteiger partial charge in [-0.3, -0.25) is 9.59 Å². The molecule has 1 aliphatic heterocycles. The summed E-state index contributed by atoms with van der Waals surface area (Å²) in [6, 6.07) is 7.61. The van der Waals surface area contributed by atoms with Gasteiger partial charge in [0.05, 0.1) is 0 Å². The Bertz CT molecular complexity index is 740. The van der Waals surface area contributed by atoms with Gasteiger partial charge in [-0.2, -0.15) is 0 Å². The first-order valence-electron chi connectivity index (χ1n) is 10.4. The summed E-state index contributed by atoms with van der Waals surface area (Å²) in [6.07, 6.45) is 2.24. The van der Waals surface area contributed by atoms with E-state index in [0.717, 1.165) is 18.4 Å². The van der Waals surface area contributed by atoms with Gasteiger partial charge in [-0.25, -0.2) is 4.79 Å². The highest BCUT2D eigenvalue weighted by molar-refractivity contribution is 6.30. The highest BCUT2D eigenvalue weighted by atomic mass is 35.5. The Kier molecular flexibility index (Phi) is 8.96. The van der Waals surface area contributed by atoms with Crippen LogP contribution >= 0.6 is 11.6 Å². The summed E-state index contributed by atoms with van der Waals surface area (Å²) < 4.78 is 5.13. The maximum Gasteiger partial charge on any atom is 0.407 e. The topological polar surface area (TPSA) is 87.7 Å². The van der Waals surface area contributed by atoms with Crippen molar-refractivity contribution in [2.75, 3.05) is 19.6 Å². The van der Waals surface area contributed by atoms with E-state index < -0.39 is 11.7 Å². The molecule has 1 aliphatic rings. The molecule has 1 aromatic carbocycles. The molecule has 2 rings (SSSR count). The van der Waals surface area contributed by atoms with Gasteiger partial charge in [0.1, 0.15) is 5.60 Å². The Morgan fingerprint density at radius 1 is 1.17 bits per heavy atom. The Labute approximate surface area is 183 Å². The quantitative estimate of drug-likeness (QED) is 0.685. The highest BCUT2D eigenvalue weighted by Gasteiger charge is 2.23. The SMILES string of the molecule is CC(C)(C)OC(=O)NCCC(=O)NC1CCN(C(=O)CCc2cccc(Cl)c2)CC1. The molecule has 30 heavy (non-hydrogen) atoms. The van der Waals surface area contributed by atoms with E-state index in [4.69, 9.17) is 16.3 Å². The largest absolute Gasteiger partial charge is 0.444 e. The Morgan fingerprint density at radius 2 is 1.87 bits per heavy atom. The van der Waals surface area contributed by atoms with Crippen LogP contribution in [0, 0.1) is 0 Å². The number of piperidine rings is 1. The van der Waals surface area contributed by atoms with E-state index in [-0.39, 0.29) is 30.8 Å². The van der Waals surface area contributed by atoms with Crippen LogP contribution in [0.15, 0.2) is 24.3 Å². The molecule has 0 aliphatic carbocycles. The second-order valence-corrected chi connectivity index (χ2v) is 8.97. The molecular weight excluding hydrogens is 406 g/mol. The molecule has 0 spiro atoms. The van der Waals surface area contributed by atoms with Gasteiger partial charge < -0.3 is 20.3 Å². The van der Waals surface area contributed by atoms with Gasteiger partial charge in [0.25, 0.3) is 0 Å². The van der Waals surface area contributed by atoms with E-state index in [1.54, 1.807) is 20.8 Å². The molecule has 0 radical (unpaired) electrons. The van der Waals surface area contributed by atoms with Crippen LogP contribution in [-0.4, -0.2) is 54.1 Å². The number of rotatable bonds is 7. The molecule has 0 bridgehead atoms. The predicted octanol–water partition coefficient (Wildman–Crippen LogP) is 3.29. The van der Waals surface area contributed by atoms with E-state index in [9.17, 15) is 14.4 Å². The summed E-state index contributed by atoms with van der Waals surface area (Å²) in [6.45, 7) is 6.85. The van der Waals surface area contributed by atoms with Gasteiger partial charge in [-0.1, -0.05) is 23.7 Å². The maximum absolute atomic E-state index is 12.4. The van der Waals surface area contributed by atoms with Crippen LogP contribution in [0.3, 0.4) is 0 Å². The molecule has 166 valence electrons. The molecule has 0 atom stereocenters. The van der Waals surface area contributed by atoms with Crippen molar-refractivity contribution in [3.8, 4) is 0 Å². The number of carbonyl (C=O) groups is 3. The van der Waals surface area contributed by atoms with Gasteiger partial charge in [0, 0.05) is 43.5 Å². The molecule has 3 amide bonds. The van der Waals surface area contributed by atoms with Crippen molar-refractivity contribution in [2.45, 2.75) is 64.5 Å². The third kappa shape index (κ3) is 9.03.